The molecule has 4 nitrogen and oxygen atoms in total. The van der Waals surface area contributed by atoms with Gasteiger partial charge in [-0.2, -0.15) is 0 Å². The van der Waals surface area contributed by atoms with Gasteiger partial charge in [-0.3, -0.25) is 0 Å². The molecule has 3 saturated carbocycles. The van der Waals surface area contributed by atoms with E-state index < -0.39 is 12.2 Å². The van der Waals surface area contributed by atoms with E-state index >= 15 is 0 Å². The minimum absolute atomic E-state index is 0.319. The summed E-state index contributed by atoms with van der Waals surface area (Å²) in [5, 5.41) is 0. The van der Waals surface area contributed by atoms with Crippen molar-refractivity contribution in [1.82, 2.24) is 0 Å². The van der Waals surface area contributed by atoms with Gasteiger partial charge >= 0.3 is 11.9 Å². The highest BCUT2D eigenvalue weighted by atomic mass is 127. The summed E-state index contributed by atoms with van der Waals surface area (Å²) in [6.07, 6.45) is 4.67. The minimum Gasteiger partial charge on any atom is -0.455 e. The zero-order valence-electron chi connectivity index (χ0n) is 17.6. The lowest BCUT2D eigenvalue weighted by Gasteiger charge is -2.42. The number of hydrogen-bond donors (Lipinski definition) is 0. The first-order valence-electron chi connectivity index (χ1n) is 11.2. The zero-order valence-corrected chi connectivity index (χ0v) is 19.8. The minimum atomic E-state index is -0.392. The van der Waals surface area contributed by atoms with Gasteiger partial charge in [0, 0.05) is 3.57 Å². The Morgan fingerprint density at radius 3 is 1.87 bits per heavy atom. The van der Waals surface area contributed by atoms with Crippen molar-refractivity contribution >= 4 is 34.5 Å². The summed E-state index contributed by atoms with van der Waals surface area (Å²) in [5.41, 5.74) is 2.05. The Labute approximate surface area is 196 Å². The number of rotatable bonds is 4. The van der Waals surface area contributed by atoms with Crippen LogP contribution in [-0.4, -0.2) is 24.1 Å². The summed E-state index contributed by atoms with van der Waals surface area (Å²) in [4.78, 5) is 26.0. The van der Waals surface area contributed by atoms with E-state index in [1.54, 1.807) is 12.1 Å². The molecular weight excluding hydrogens is 503 g/mol. The van der Waals surface area contributed by atoms with Gasteiger partial charge in [0.15, 0.2) is 0 Å². The molecule has 2 bridgehead atoms. The van der Waals surface area contributed by atoms with Gasteiger partial charge < -0.3 is 9.47 Å². The maximum atomic E-state index is 13.0. The van der Waals surface area contributed by atoms with E-state index in [0.29, 0.717) is 23.0 Å². The molecular formula is C26H27IO4. The molecule has 5 rings (SSSR count). The van der Waals surface area contributed by atoms with Crippen molar-refractivity contribution in [2.45, 2.75) is 51.2 Å². The summed E-state index contributed by atoms with van der Waals surface area (Å²) in [7, 11) is 0. The van der Waals surface area contributed by atoms with Gasteiger partial charge in [0.2, 0.25) is 0 Å². The van der Waals surface area contributed by atoms with E-state index in [-0.39, 0.29) is 11.9 Å². The quantitative estimate of drug-likeness (QED) is 0.370. The van der Waals surface area contributed by atoms with E-state index in [1.165, 1.54) is 19.3 Å². The number of carbonyl (C=O) groups excluding carboxylic acids is 2. The molecule has 162 valence electrons. The van der Waals surface area contributed by atoms with Crippen LogP contribution in [0, 0.1) is 34.2 Å². The second-order valence-corrected chi connectivity index (χ2v) is 10.5. The molecule has 5 heteroatoms. The third-order valence-corrected chi connectivity index (χ3v) is 8.61. The van der Waals surface area contributed by atoms with Crippen LogP contribution >= 0.6 is 22.6 Å². The number of esters is 2. The van der Waals surface area contributed by atoms with E-state index in [0.717, 1.165) is 33.8 Å². The number of aryl methyl sites for hydroxylation is 1. The predicted octanol–water partition coefficient (Wildman–Crippen LogP) is 5.81. The number of carbonyl (C=O) groups is 2. The lowest BCUT2D eigenvalue weighted by Crippen LogP contribution is -2.46. The summed E-state index contributed by atoms with van der Waals surface area (Å²) in [6.45, 7) is 1.91. The number of fused-ring (bicyclic) bond motifs is 5. The summed E-state index contributed by atoms with van der Waals surface area (Å²) >= 11 is 2.16. The highest BCUT2D eigenvalue weighted by Crippen LogP contribution is 2.58. The van der Waals surface area contributed by atoms with Crippen LogP contribution in [0.2, 0.25) is 0 Å². The van der Waals surface area contributed by atoms with Gasteiger partial charge in [-0.05, 0) is 109 Å². The molecule has 2 aromatic rings. The molecule has 31 heavy (non-hydrogen) atoms. The highest BCUT2D eigenvalue weighted by Gasteiger charge is 2.53. The number of hydrogen-bond acceptors (Lipinski definition) is 4. The van der Waals surface area contributed by atoms with Gasteiger partial charge in [-0.1, -0.05) is 30.3 Å². The second kappa shape index (κ2) is 8.57. The smallest absolute Gasteiger partial charge is 0.339 e. The summed E-state index contributed by atoms with van der Waals surface area (Å²) in [5.74, 6) is 2.00. The fraction of sp³-hybridized carbons (Fsp3) is 0.462. The molecule has 0 amide bonds. The molecule has 0 saturated heterocycles. The van der Waals surface area contributed by atoms with Crippen LogP contribution in [-0.2, 0) is 9.47 Å². The molecule has 0 heterocycles. The Balaban J connectivity index is 1.38. The summed E-state index contributed by atoms with van der Waals surface area (Å²) < 4.78 is 12.9. The van der Waals surface area contributed by atoms with Crippen LogP contribution in [0.25, 0.3) is 0 Å². The fourth-order valence-corrected chi connectivity index (χ4v) is 6.79. The van der Waals surface area contributed by atoms with Crippen molar-refractivity contribution < 1.29 is 19.1 Å². The van der Waals surface area contributed by atoms with Crippen LogP contribution < -0.4 is 0 Å². The monoisotopic (exact) mass is 530 g/mol. The Morgan fingerprint density at radius 1 is 0.774 bits per heavy atom. The van der Waals surface area contributed by atoms with Crippen molar-refractivity contribution in [3.8, 4) is 0 Å². The average molecular weight is 530 g/mol. The van der Waals surface area contributed by atoms with Crippen LogP contribution in [0.3, 0.4) is 0 Å². The maximum Gasteiger partial charge on any atom is 0.339 e. The first kappa shape index (κ1) is 21.0. The first-order valence-corrected chi connectivity index (χ1v) is 12.3. The van der Waals surface area contributed by atoms with Crippen molar-refractivity contribution in [3.05, 3.63) is 68.8 Å². The van der Waals surface area contributed by atoms with Crippen LogP contribution in [0.15, 0.2) is 48.5 Å². The van der Waals surface area contributed by atoms with E-state index in [9.17, 15) is 9.59 Å². The second-order valence-electron chi connectivity index (χ2n) is 9.31. The van der Waals surface area contributed by atoms with Crippen molar-refractivity contribution in [2.75, 3.05) is 0 Å². The van der Waals surface area contributed by atoms with Gasteiger partial charge in [0.05, 0.1) is 11.1 Å². The number of ether oxygens (including phenoxy) is 2. The van der Waals surface area contributed by atoms with Gasteiger partial charge in [-0.25, -0.2) is 9.59 Å². The van der Waals surface area contributed by atoms with Gasteiger partial charge in [0.1, 0.15) is 12.2 Å². The molecule has 6 atom stereocenters. The molecule has 3 fully saturated rings. The van der Waals surface area contributed by atoms with E-state index in [2.05, 4.69) is 22.6 Å². The molecule has 3 aliphatic carbocycles. The Hall–Kier alpha value is -1.89. The molecule has 0 aromatic heterocycles. The Bertz CT molecular complexity index is 923. The fourth-order valence-electron chi connectivity index (χ4n) is 6.18. The van der Waals surface area contributed by atoms with E-state index in [1.807, 2.05) is 43.3 Å². The van der Waals surface area contributed by atoms with Gasteiger partial charge in [-0.15, -0.1) is 0 Å². The SMILES string of the molecule is Cc1ccccc1C(=O)OC1CC2C3CCC(C3)C2CC1OC(=O)c1ccccc1I. The topological polar surface area (TPSA) is 52.6 Å². The first-order chi connectivity index (χ1) is 15.0. The third kappa shape index (κ3) is 4.01. The molecule has 0 aliphatic heterocycles. The Kier molecular flexibility index (Phi) is 5.80. The van der Waals surface area contributed by atoms with Gasteiger partial charge in [0.25, 0.3) is 0 Å². The third-order valence-electron chi connectivity index (χ3n) is 7.67. The van der Waals surface area contributed by atoms with Crippen LogP contribution in [0.5, 0.6) is 0 Å². The van der Waals surface area contributed by atoms with E-state index in [4.69, 9.17) is 9.47 Å². The summed E-state index contributed by atoms with van der Waals surface area (Å²) in [6, 6.07) is 14.9. The molecule has 0 radical (unpaired) electrons. The molecule has 3 aliphatic rings. The van der Waals surface area contributed by atoms with Crippen LogP contribution in [0.1, 0.15) is 58.4 Å². The van der Waals surface area contributed by atoms with Crippen LogP contribution in [0.4, 0.5) is 0 Å². The lowest BCUT2D eigenvalue weighted by molar-refractivity contribution is -0.0823. The largest absolute Gasteiger partial charge is 0.455 e. The molecule has 2 aromatic carbocycles. The standard InChI is InChI=1S/C26H27IO4/c1-15-6-2-3-7-18(15)25(28)30-23-13-20-16-10-11-17(12-16)21(20)14-24(23)31-26(29)19-8-4-5-9-22(19)27/h2-9,16-17,20-21,23-24H,10-14H2,1H3. The lowest BCUT2D eigenvalue weighted by atomic mass is 9.69. The molecule has 6 unspecified atom stereocenters. The normalized spacial score (nSPS) is 31.2. The van der Waals surface area contributed by atoms with Crippen molar-refractivity contribution in [2.24, 2.45) is 23.7 Å². The maximum absolute atomic E-state index is 13.0. The predicted molar refractivity (Wildman–Crippen MR) is 126 cm³/mol. The molecule has 0 N–H and O–H groups in total. The zero-order chi connectivity index (χ0) is 21.5. The van der Waals surface area contributed by atoms with Crippen molar-refractivity contribution in [3.63, 3.8) is 0 Å². The number of benzene rings is 2. The number of halogens is 1. The highest BCUT2D eigenvalue weighted by molar-refractivity contribution is 14.1. The average Bonchev–Trinajstić information content (AvgIpc) is 3.37. The van der Waals surface area contributed by atoms with Crippen molar-refractivity contribution in [1.29, 1.82) is 0 Å². The molecule has 0 spiro atoms. The Morgan fingerprint density at radius 2 is 1.29 bits per heavy atom.